The van der Waals surface area contributed by atoms with Gasteiger partial charge < -0.3 is 15.0 Å². The second kappa shape index (κ2) is 4.18. The van der Waals surface area contributed by atoms with E-state index in [1.165, 1.54) is 0 Å². The van der Waals surface area contributed by atoms with E-state index in [0.717, 1.165) is 0 Å². The molecule has 1 rings (SSSR count). The summed E-state index contributed by atoms with van der Waals surface area (Å²) in [6.07, 6.45) is 0. The molecule has 1 aliphatic rings. The molecule has 0 saturated carbocycles. The van der Waals surface area contributed by atoms with E-state index < -0.39 is 0 Å². The number of morpholine rings is 1. The summed E-state index contributed by atoms with van der Waals surface area (Å²) in [7, 11) is 0. The molecule has 1 saturated heterocycles. The van der Waals surface area contributed by atoms with Crippen molar-refractivity contribution in [2.75, 3.05) is 26.3 Å². The van der Waals surface area contributed by atoms with Crippen LogP contribution < -0.4 is 5.32 Å². The van der Waals surface area contributed by atoms with Crippen molar-refractivity contribution in [3.63, 3.8) is 0 Å². The van der Waals surface area contributed by atoms with Gasteiger partial charge in [0.15, 0.2) is 0 Å². The van der Waals surface area contributed by atoms with Gasteiger partial charge >= 0.3 is 6.03 Å². The lowest BCUT2D eigenvalue weighted by molar-refractivity contribution is 0.0537. The summed E-state index contributed by atoms with van der Waals surface area (Å²) in [5.41, 5.74) is 0. The summed E-state index contributed by atoms with van der Waals surface area (Å²) in [5, 5.41) is 2.62. The van der Waals surface area contributed by atoms with Crippen LogP contribution in [0.25, 0.3) is 0 Å². The number of urea groups is 1. The first-order valence-corrected chi connectivity index (χ1v) is 3.75. The third-order valence-corrected chi connectivity index (χ3v) is 1.57. The first-order chi connectivity index (χ1) is 5.34. The highest BCUT2D eigenvalue weighted by atomic mass is 16.5. The predicted molar refractivity (Wildman–Crippen MR) is 40.9 cm³/mol. The van der Waals surface area contributed by atoms with Gasteiger partial charge in [0.25, 0.3) is 0 Å². The fraction of sp³-hybridized carbons (Fsp3) is 0.714. The molecule has 0 aromatic heterocycles. The molecule has 2 amide bonds. The molecule has 63 valence electrons. The van der Waals surface area contributed by atoms with Gasteiger partial charge in [-0.15, -0.1) is 0 Å². The Kier molecular flexibility index (Phi) is 3.16. The normalized spacial score (nSPS) is 18.1. The van der Waals surface area contributed by atoms with Crippen molar-refractivity contribution >= 4 is 6.03 Å². The van der Waals surface area contributed by atoms with Gasteiger partial charge in [0.1, 0.15) is 0 Å². The van der Waals surface area contributed by atoms with Gasteiger partial charge in [-0.3, -0.25) is 0 Å². The maximum Gasteiger partial charge on any atom is 0.317 e. The standard InChI is InChI=1S/C7H13N2O2/c1-2-8-7(10)9-3-5-11-6-4-9/h2H,3-6H2,1H3,(H,8,10). The third-order valence-electron chi connectivity index (χ3n) is 1.57. The molecule has 1 fully saturated rings. The van der Waals surface area contributed by atoms with Crippen molar-refractivity contribution in [1.29, 1.82) is 0 Å². The average molecular weight is 157 g/mol. The van der Waals surface area contributed by atoms with Gasteiger partial charge in [0.2, 0.25) is 0 Å². The van der Waals surface area contributed by atoms with Crippen LogP contribution in [0.3, 0.4) is 0 Å². The van der Waals surface area contributed by atoms with E-state index in [0.29, 0.717) is 26.3 Å². The second-order valence-electron chi connectivity index (χ2n) is 2.34. The topological polar surface area (TPSA) is 41.6 Å². The molecule has 0 bridgehead atoms. The number of hydrogen-bond acceptors (Lipinski definition) is 2. The Hall–Kier alpha value is -0.770. The van der Waals surface area contributed by atoms with Crippen molar-refractivity contribution in [2.45, 2.75) is 6.92 Å². The Morgan fingerprint density at radius 1 is 1.55 bits per heavy atom. The van der Waals surface area contributed by atoms with Crippen LogP contribution in [0.1, 0.15) is 6.92 Å². The lowest BCUT2D eigenvalue weighted by atomic mass is 10.4. The molecule has 1 aliphatic heterocycles. The number of carbonyl (C=O) groups excluding carboxylic acids is 1. The fourth-order valence-electron chi connectivity index (χ4n) is 0.981. The van der Waals surface area contributed by atoms with Crippen molar-refractivity contribution < 1.29 is 9.53 Å². The zero-order valence-corrected chi connectivity index (χ0v) is 6.67. The maximum absolute atomic E-state index is 11.1. The summed E-state index contributed by atoms with van der Waals surface area (Å²) in [6, 6.07) is -0.0317. The SMILES string of the molecule is C[CH]NC(=O)N1CCOCC1. The minimum Gasteiger partial charge on any atom is -0.378 e. The molecule has 1 N–H and O–H groups in total. The Morgan fingerprint density at radius 3 is 2.73 bits per heavy atom. The van der Waals surface area contributed by atoms with Crippen LogP contribution in [-0.4, -0.2) is 37.2 Å². The molecule has 0 aliphatic carbocycles. The third kappa shape index (κ3) is 2.38. The summed E-state index contributed by atoms with van der Waals surface area (Å²) in [6.45, 7) is 6.11. The zero-order valence-electron chi connectivity index (χ0n) is 6.67. The minimum atomic E-state index is -0.0317. The van der Waals surface area contributed by atoms with Gasteiger partial charge in [0.05, 0.1) is 13.2 Å². The molecule has 0 unspecified atom stereocenters. The highest BCUT2D eigenvalue weighted by molar-refractivity contribution is 5.74. The maximum atomic E-state index is 11.1. The number of nitrogens with zero attached hydrogens (tertiary/aromatic N) is 1. The molecule has 4 nitrogen and oxygen atoms in total. The van der Waals surface area contributed by atoms with Crippen molar-refractivity contribution in [1.82, 2.24) is 10.2 Å². The molecule has 0 spiro atoms. The van der Waals surface area contributed by atoms with Crippen LogP contribution in [0.5, 0.6) is 0 Å². The lowest BCUT2D eigenvalue weighted by Crippen LogP contribution is -2.45. The quantitative estimate of drug-likeness (QED) is 0.591. The van der Waals surface area contributed by atoms with Crippen LogP contribution in [-0.2, 0) is 4.74 Å². The van der Waals surface area contributed by atoms with Crippen LogP contribution in [0.4, 0.5) is 4.79 Å². The molecule has 0 aromatic carbocycles. The number of nitrogens with one attached hydrogen (secondary N) is 1. The Balaban J connectivity index is 2.27. The monoisotopic (exact) mass is 157 g/mol. The molecule has 4 heteroatoms. The summed E-state index contributed by atoms with van der Waals surface area (Å²) in [4.78, 5) is 12.9. The van der Waals surface area contributed by atoms with E-state index in [1.54, 1.807) is 18.4 Å². The molecule has 0 aromatic rings. The summed E-state index contributed by atoms with van der Waals surface area (Å²) >= 11 is 0. The molecule has 1 heterocycles. The van der Waals surface area contributed by atoms with Gasteiger partial charge in [-0.2, -0.15) is 0 Å². The zero-order chi connectivity index (χ0) is 8.10. The van der Waals surface area contributed by atoms with Gasteiger partial charge in [-0.25, -0.2) is 4.79 Å². The molecule has 1 radical (unpaired) electrons. The van der Waals surface area contributed by atoms with E-state index in [2.05, 4.69) is 5.32 Å². The first kappa shape index (κ1) is 8.33. The van der Waals surface area contributed by atoms with E-state index in [9.17, 15) is 4.79 Å². The minimum absolute atomic E-state index is 0.0317. The molecule has 11 heavy (non-hydrogen) atoms. The molecule has 0 atom stereocenters. The van der Waals surface area contributed by atoms with Crippen LogP contribution in [0.15, 0.2) is 0 Å². The van der Waals surface area contributed by atoms with E-state index in [1.807, 2.05) is 0 Å². The van der Waals surface area contributed by atoms with Crippen molar-refractivity contribution in [3.05, 3.63) is 6.54 Å². The highest BCUT2D eigenvalue weighted by Crippen LogP contribution is 1.96. The second-order valence-corrected chi connectivity index (χ2v) is 2.34. The summed E-state index contributed by atoms with van der Waals surface area (Å²) < 4.78 is 5.10. The van der Waals surface area contributed by atoms with Gasteiger partial charge in [0, 0.05) is 19.6 Å². The first-order valence-electron chi connectivity index (χ1n) is 3.75. The predicted octanol–water partition coefficient (Wildman–Crippen LogP) is 0.210. The lowest BCUT2D eigenvalue weighted by Gasteiger charge is -2.26. The largest absolute Gasteiger partial charge is 0.378 e. The van der Waals surface area contributed by atoms with Crippen LogP contribution in [0.2, 0.25) is 0 Å². The number of rotatable bonds is 1. The van der Waals surface area contributed by atoms with Crippen LogP contribution in [0, 0.1) is 6.54 Å². The Morgan fingerprint density at radius 2 is 2.18 bits per heavy atom. The fourth-order valence-corrected chi connectivity index (χ4v) is 0.981. The van der Waals surface area contributed by atoms with E-state index in [4.69, 9.17) is 4.74 Å². The van der Waals surface area contributed by atoms with E-state index >= 15 is 0 Å². The van der Waals surface area contributed by atoms with E-state index in [-0.39, 0.29) is 6.03 Å². The van der Waals surface area contributed by atoms with Crippen LogP contribution >= 0.6 is 0 Å². The number of hydrogen-bond donors (Lipinski definition) is 1. The van der Waals surface area contributed by atoms with Gasteiger partial charge in [-0.1, -0.05) is 0 Å². The molecular weight excluding hydrogens is 144 g/mol. The Bertz CT molecular complexity index is 132. The number of ether oxygens (including phenoxy) is 1. The number of carbonyl (C=O) groups is 1. The smallest absolute Gasteiger partial charge is 0.317 e. The summed E-state index contributed by atoms with van der Waals surface area (Å²) in [5.74, 6) is 0. The van der Waals surface area contributed by atoms with Gasteiger partial charge in [-0.05, 0) is 6.92 Å². The molecular formula is C7H13N2O2. The van der Waals surface area contributed by atoms with Crippen molar-refractivity contribution in [2.24, 2.45) is 0 Å². The van der Waals surface area contributed by atoms with Crippen molar-refractivity contribution in [3.8, 4) is 0 Å². The highest BCUT2D eigenvalue weighted by Gasteiger charge is 2.14. The average Bonchev–Trinajstić information content (AvgIpc) is 2.07. The Labute approximate surface area is 66.5 Å². The number of amides is 2.